The lowest BCUT2D eigenvalue weighted by molar-refractivity contribution is 0.853. The number of hydrogen-bond donors (Lipinski definition) is 1. The molecule has 0 saturated heterocycles. The summed E-state index contributed by atoms with van der Waals surface area (Å²) in [6.07, 6.45) is 0. The van der Waals surface area contributed by atoms with E-state index in [-0.39, 0.29) is 6.04 Å². The van der Waals surface area contributed by atoms with Crippen LogP contribution < -0.4 is 5.32 Å². The van der Waals surface area contributed by atoms with Gasteiger partial charge < -0.3 is 5.32 Å². The van der Waals surface area contributed by atoms with Crippen LogP contribution >= 0.6 is 23.2 Å². The van der Waals surface area contributed by atoms with Crippen molar-refractivity contribution >= 4 is 29.2 Å². The zero-order valence-electron chi connectivity index (χ0n) is 11.0. The topological polar surface area (TPSA) is 37.8 Å². The van der Waals surface area contributed by atoms with Crippen LogP contribution in [0.1, 0.15) is 29.9 Å². The van der Waals surface area contributed by atoms with Gasteiger partial charge >= 0.3 is 0 Å². The maximum absolute atomic E-state index is 6.19. The second kappa shape index (κ2) is 5.76. The molecule has 0 bridgehead atoms. The first-order valence-corrected chi connectivity index (χ1v) is 6.75. The minimum Gasteiger partial charge on any atom is -0.348 e. The molecule has 1 aromatic heterocycles. The monoisotopic (exact) mass is 295 g/mol. The van der Waals surface area contributed by atoms with Crippen molar-refractivity contribution in [1.29, 1.82) is 0 Å². The van der Waals surface area contributed by atoms with Crippen LogP contribution in [0.15, 0.2) is 24.3 Å². The average Bonchev–Trinajstić information content (AvgIpc) is 2.26. The van der Waals surface area contributed by atoms with Crippen LogP contribution in [0.5, 0.6) is 0 Å². The third-order valence-corrected chi connectivity index (χ3v) is 3.32. The molecule has 0 spiro atoms. The maximum Gasteiger partial charge on any atom is 0.223 e. The largest absolute Gasteiger partial charge is 0.348 e. The molecule has 1 aromatic carbocycles. The number of anilines is 1. The van der Waals surface area contributed by atoms with Gasteiger partial charge in [-0.3, -0.25) is 0 Å². The number of halogens is 2. The normalized spacial score (nSPS) is 12.3. The van der Waals surface area contributed by atoms with Gasteiger partial charge in [-0.1, -0.05) is 29.3 Å². The van der Waals surface area contributed by atoms with Gasteiger partial charge in [0.2, 0.25) is 5.95 Å². The average molecular weight is 296 g/mol. The van der Waals surface area contributed by atoms with E-state index in [0.717, 1.165) is 17.0 Å². The molecule has 2 aromatic rings. The van der Waals surface area contributed by atoms with Gasteiger partial charge in [-0.15, -0.1) is 0 Å². The molecule has 0 radical (unpaired) electrons. The zero-order chi connectivity index (χ0) is 14.0. The van der Waals surface area contributed by atoms with E-state index in [1.165, 1.54) is 0 Å². The minimum absolute atomic E-state index is 0.00552. The zero-order valence-corrected chi connectivity index (χ0v) is 12.5. The van der Waals surface area contributed by atoms with Gasteiger partial charge in [0.15, 0.2) is 0 Å². The summed E-state index contributed by atoms with van der Waals surface area (Å²) in [6, 6.07) is 7.41. The number of aromatic nitrogens is 2. The third kappa shape index (κ3) is 3.58. The van der Waals surface area contributed by atoms with Crippen molar-refractivity contribution in [2.75, 3.05) is 5.32 Å². The molecule has 1 atom stereocenters. The summed E-state index contributed by atoms with van der Waals surface area (Å²) in [5.74, 6) is 0.607. The third-order valence-electron chi connectivity index (χ3n) is 2.76. The fraction of sp³-hybridized carbons (Fsp3) is 0.286. The molecule has 5 heteroatoms. The summed E-state index contributed by atoms with van der Waals surface area (Å²) >= 11 is 12.1. The first-order chi connectivity index (χ1) is 8.95. The molecule has 0 aliphatic carbocycles. The Bertz CT molecular complexity index is 579. The van der Waals surface area contributed by atoms with Crippen LogP contribution in [0, 0.1) is 13.8 Å². The second-order valence-electron chi connectivity index (χ2n) is 4.51. The molecular weight excluding hydrogens is 281 g/mol. The Morgan fingerprint density at radius 2 is 1.68 bits per heavy atom. The number of nitrogens with one attached hydrogen (secondary N) is 1. The lowest BCUT2D eigenvalue weighted by atomic mass is 10.1. The molecule has 100 valence electrons. The summed E-state index contributed by atoms with van der Waals surface area (Å²) in [6.45, 7) is 5.90. The summed E-state index contributed by atoms with van der Waals surface area (Å²) < 4.78 is 0. The standard InChI is InChI=1S/C14H15Cl2N3/c1-8-6-9(2)18-14(17-8)19-10(3)12-5-4-11(15)7-13(12)16/h4-7,10H,1-3H3,(H,17,18,19). The Labute approximate surface area is 123 Å². The van der Waals surface area contributed by atoms with Crippen LogP contribution in [-0.4, -0.2) is 9.97 Å². The fourth-order valence-corrected chi connectivity index (χ4v) is 2.49. The molecule has 19 heavy (non-hydrogen) atoms. The van der Waals surface area contributed by atoms with Crippen molar-refractivity contribution in [2.24, 2.45) is 0 Å². The maximum atomic E-state index is 6.19. The van der Waals surface area contributed by atoms with E-state index < -0.39 is 0 Å². The van der Waals surface area contributed by atoms with E-state index in [4.69, 9.17) is 23.2 Å². The summed E-state index contributed by atoms with van der Waals surface area (Å²) in [5, 5.41) is 4.51. The van der Waals surface area contributed by atoms with Crippen LogP contribution in [0.25, 0.3) is 0 Å². The van der Waals surface area contributed by atoms with Gasteiger partial charge in [-0.2, -0.15) is 0 Å². The molecule has 0 aliphatic rings. The molecule has 0 fully saturated rings. The fourth-order valence-electron chi connectivity index (χ4n) is 1.91. The molecule has 1 heterocycles. The van der Waals surface area contributed by atoms with Crippen LogP contribution in [-0.2, 0) is 0 Å². The molecular formula is C14H15Cl2N3. The van der Waals surface area contributed by atoms with E-state index in [1.54, 1.807) is 6.07 Å². The van der Waals surface area contributed by atoms with Crippen molar-refractivity contribution in [2.45, 2.75) is 26.8 Å². The van der Waals surface area contributed by atoms with Crippen molar-refractivity contribution in [3.63, 3.8) is 0 Å². The Balaban J connectivity index is 2.22. The molecule has 1 N–H and O–H groups in total. The smallest absolute Gasteiger partial charge is 0.223 e. The summed E-state index contributed by atoms with van der Waals surface area (Å²) in [7, 11) is 0. The summed E-state index contributed by atoms with van der Waals surface area (Å²) in [5.41, 5.74) is 2.84. The van der Waals surface area contributed by atoms with Gasteiger partial charge in [0.25, 0.3) is 0 Å². The quantitative estimate of drug-likeness (QED) is 0.901. The summed E-state index contributed by atoms with van der Waals surface area (Å²) in [4.78, 5) is 8.71. The number of benzene rings is 1. The van der Waals surface area contributed by atoms with E-state index in [1.807, 2.05) is 39.0 Å². The Kier molecular flexibility index (Phi) is 4.27. The molecule has 0 aliphatic heterocycles. The first kappa shape index (κ1) is 14.1. The molecule has 0 saturated carbocycles. The van der Waals surface area contributed by atoms with Gasteiger partial charge in [-0.05, 0) is 44.5 Å². The van der Waals surface area contributed by atoms with Crippen molar-refractivity contribution in [1.82, 2.24) is 9.97 Å². The second-order valence-corrected chi connectivity index (χ2v) is 5.35. The lowest BCUT2D eigenvalue weighted by Gasteiger charge is -2.16. The molecule has 0 amide bonds. The van der Waals surface area contributed by atoms with Gasteiger partial charge in [-0.25, -0.2) is 9.97 Å². The Morgan fingerprint density at radius 1 is 1.05 bits per heavy atom. The molecule has 3 nitrogen and oxygen atoms in total. The number of aryl methyl sites for hydroxylation is 2. The number of hydrogen-bond acceptors (Lipinski definition) is 3. The van der Waals surface area contributed by atoms with Crippen molar-refractivity contribution in [3.8, 4) is 0 Å². The number of nitrogens with zero attached hydrogens (tertiary/aromatic N) is 2. The van der Waals surface area contributed by atoms with Gasteiger partial charge in [0.1, 0.15) is 0 Å². The highest BCUT2D eigenvalue weighted by Gasteiger charge is 2.11. The van der Waals surface area contributed by atoms with Crippen molar-refractivity contribution in [3.05, 3.63) is 51.3 Å². The number of rotatable bonds is 3. The minimum atomic E-state index is 0.00552. The predicted molar refractivity (Wildman–Crippen MR) is 80.0 cm³/mol. The highest BCUT2D eigenvalue weighted by Crippen LogP contribution is 2.27. The predicted octanol–water partition coefficient (Wildman–Crippen LogP) is 4.57. The highest BCUT2D eigenvalue weighted by molar-refractivity contribution is 6.35. The Morgan fingerprint density at radius 3 is 2.26 bits per heavy atom. The van der Waals surface area contributed by atoms with Gasteiger partial charge in [0.05, 0.1) is 6.04 Å². The van der Waals surface area contributed by atoms with Crippen LogP contribution in [0.3, 0.4) is 0 Å². The molecule has 1 unspecified atom stereocenters. The van der Waals surface area contributed by atoms with Crippen LogP contribution in [0.4, 0.5) is 5.95 Å². The van der Waals surface area contributed by atoms with E-state index >= 15 is 0 Å². The SMILES string of the molecule is Cc1cc(C)nc(NC(C)c2ccc(Cl)cc2Cl)n1. The molecule has 2 rings (SSSR count). The van der Waals surface area contributed by atoms with Gasteiger partial charge in [0, 0.05) is 21.4 Å². The first-order valence-electron chi connectivity index (χ1n) is 5.99. The highest BCUT2D eigenvalue weighted by atomic mass is 35.5. The lowest BCUT2D eigenvalue weighted by Crippen LogP contribution is -2.11. The van der Waals surface area contributed by atoms with Crippen LogP contribution in [0.2, 0.25) is 10.0 Å². The van der Waals surface area contributed by atoms with E-state index in [2.05, 4.69) is 15.3 Å². The van der Waals surface area contributed by atoms with E-state index in [9.17, 15) is 0 Å². The van der Waals surface area contributed by atoms with E-state index in [0.29, 0.717) is 16.0 Å². The van der Waals surface area contributed by atoms with Crippen molar-refractivity contribution < 1.29 is 0 Å². The Hall–Kier alpha value is -1.32.